The molecule has 2 rings (SSSR count). The standard InChI is InChI=1S/C18H23N5O5/c1-5-27-15-9-16(28-6-2)14(23(25)26)7-12(15)10-19-22-18-20-13(11(3)4)8-17(24)21-18/h7-11H,5-6H2,1-4H3,(H2,20,21,22,24)/b19-10-. The highest BCUT2D eigenvalue weighted by molar-refractivity contribution is 5.86. The maximum absolute atomic E-state index is 11.7. The number of benzene rings is 1. The van der Waals surface area contributed by atoms with E-state index in [1.807, 2.05) is 13.8 Å². The van der Waals surface area contributed by atoms with Gasteiger partial charge in [-0.15, -0.1) is 0 Å². The number of nitrogens with zero attached hydrogens (tertiary/aromatic N) is 3. The number of nitro groups is 1. The highest BCUT2D eigenvalue weighted by Gasteiger charge is 2.19. The zero-order chi connectivity index (χ0) is 20.7. The molecule has 2 aromatic rings. The number of aromatic amines is 1. The molecule has 150 valence electrons. The number of anilines is 1. The normalized spacial score (nSPS) is 11.0. The van der Waals surface area contributed by atoms with Gasteiger partial charge in [-0.1, -0.05) is 13.8 Å². The Balaban J connectivity index is 2.35. The number of ether oxygens (including phenoxy) is 2. The lowest BCUT2D eigenvalue weighted by Crippen LogP contribution is -2.12. The third-order valence-corrected chi connectivity index (χ3v) is 3.61. The Kier molecular flexibility index (Phi) is 7.08. The Morgan fingerprint density at radius 1 is 1.25 bits per heavy atom. The molecule has 10 heteroatoms. The minimum absolute atomic E-state index is 0.0742. The lowest BCUT2D eigenvalue weighted by Gasteiger charge is -2.11. The molecule has 2 N–H and O–H groups in total. The van der Waals surface area contributed by atoms with Gasteiger partial charge in [-0.2, -0.15) is 5.10 Å². The molecule has 0 spiro atoms. The molecule has 0 fully saturated rings. The Morgan fingerprint density at radius 3 is 2.54 bits per heavy atom. The fourth-order valence-electron chi connectivity index (χ4n) is 2.35. The minimum Gasteiger partial charge on any atom is -0.493 e. The number of aromatic nitrogens is 2. The van der Waals surface area contributed by atoms with Gasteiger partial charge in [0.1, 0.15) is 5.75 Å². The van der Waals surface area contributed by atoms with Gasteiger partial charge in [-0.3, -0.25) is 19.9 Å². The molecule has 0 saturated heterocycles. The van der Waals surface area contributed by atoms with Gasteiger partial charge >= 0.3 is 5.69 Å². The van der Waals surface area contributed by atoms with Crippen LogP contribution in [0.5, 0.6) is 11.5 Å². The summed E-state index contributed by atoms with van der Waals surface area (Å²) in [6.07, 6.45) is 1.36. The molecule has 0 saturated carbocycles. The van der Waals surface area contributed by atoms with E-state index in [4.69, 9.17) is 9.47 Å². The van der Waals surface area contributed by atoms with E-state index in [0.29, 0.717) is 23.6 Å². The largest absolute Gasteiger partial charge is 0.493 e. The highest BCUT2D eigenvalue weighted by atomic mass is 16.6. The van der Waals surface area contributed by atoms with Crippen molar-refractivity contribution >= 4 is 17.9 Å². The monoisotopic (exact) mass is 389 g/mol. The summed E-state index contributed by atoms with van der Waals surface area (Å²) in [5.74, 6) is 0.757. The van der Waals surface area contributed by atoms with E-state index in [9.17, 15) is 14.9 Å². The summed E-state index contributed by atoms with van der Waals surface area (Å²) in [6.45, 7) is 8.02. The minimum atomic E-state index is -0.531. The molecule has 0 aliphatic rings. The lowest BCUT2D eigenvalue weighted by molar-refractivity contribution is -0.385. The van der Waals surface area contributed by atoms with Crippen LogP contribution in [0.1, 0.15) is 44.9 Å². The second kappa shape index (κ2) is 9.49. The quantitative estimate of drug-likeness (QED) is 0.383. The second-order valence-electron chi connectivity index (χ2n) is 6.02. The molecule has 1 heterocycles. The van der Waals surface area contributed by atoms with Gasteiger partial charge in [-0.05, 0) is 19.8 Å². The molecular formula is C18H23N5O5. The van der Waals surface area contributed by atoms with E-state index in [0.717, 1.165) is 0 Å². The molecule has 0 atom stereocenters. The van der Waals surface area contributed by atoms with E-state index in [1.54, 1.807) is 13.8 Å². The predicted molar refractivity (Wildman–Crippen MR) is 106 cm³/mol. The molecule has 1 aromatic heterocycles. The van der Waals surface area contributed by atoms with Crippen LogP contribution in [0.25, 0.3) is 0 Å². The zero-order valence-electron chi connectivity index (χ0n) is 16.2. The summed E-state index contributed by atoms with van der Waals surface area (Å²) >= 11 is 0. The number of hydrazone groups is 1. The molecular weight excluding hydrogens is 366 g/mol. The van der Waals surface area contributed by atoms with Crippen molar-refractivity contribution in [3.8, 4) is 11.5 Å². The molecule has 10 nitrogen and oxygen atoms in total. The van der Waals surface area contributed by atoms with Gasteiger partial charge in [0.25, 0.3) is 5.56 Å². The Morgan fingerprint density at radius 2 is 1.93 bits per heavy atom. The van der Waals surface area contributed by atoms with Crippen molar-refractivity contribution in [1.82, 2.24) is 9.97 Å². The van der Waals surface area contributed by atoms with Crippen LogP contribution >= 0.6 is 0 Å². The summed E-state index contributed by atoms with van der Waals surface area (Å²) in [5, 5.41) is 15.3. The third kappa shape index (κ3) is 5.29. The van der Waals surface area contributed by atoms with Crippen molar-refractivity contribution < 1.29 is 14.4 Å². The maximum atomic E-state index is 11.7. The van der Waals surface area contributed by atoms with Gasteiger partial charge in [-0.25, -0.2) is 10.4 Å². The first kappa shape index (κ1) is 20.9. The summed E-state index contributed by atoms with van der Waals surface area (Å²) in [7, 11) is 0. The summed E-state index contributed by atoms with van der Waals surface area (Å²) < 4.78 is 10.9. The van der Waals surface area contributed by atoms with Crippen LogP contribution in [0.2, 0.25) is 0 Å². The first-order valence-corrected chi connectivity index (χ1v) is 8.84. The van der Waals surface area contributed by atoms with Gasteiger partial charge < -0.3 is 9.47 Å². The molecule has 28 heavy (non-hydrogen) atoms. The number of nitro benzene ring substituents is 1. The predicted octanol–water partition coefficient (Wildman–Crippen LogP) is 3.04. The number of hydrogen-bond donors (Lipinski definition) is 2. The molecule has 0 aliphatic carbocycles. The van der Waals surface area contributed by atoms with Gasteiger partial charge in [0.05, 0.1) is 30.0 Å². The molecule has 0 amide bonds. The van der Waals surface area contributed by atoms with Crippen LogP contribution in [0, 0.1) is 10.1 Å². The van der Waals surface area contributed by atoms with E-state index in [1.165, 1.54) is 24.4 Å². The van der Waals surface area contributed by atoms with Crippen LogP contribution in [0.15, 0.2) is 28.1 Å². The van der Waals surface area contributed by atoms with Crippen LogP contribution in [-0.2, 0) is 0 Å². The Bertz CT molecular complexity index is 923. The summed E-state index contributed by atoms with van der Waals surface area (Å²) in [4.78, 5) is 29.3. The van der Waals surface area contributed by atoms with Crippen molar-refractivity contribution in [2.75, 3.05) is 18.6 Å². The zero-order valence-corrected chi connectivity index (χ0v) is 16.2. The first-order chi connectivity index (χ1) is 13.3. The maximum Gasteiger partial charge on any atom is 0.311 e. The molecule has 0 aliphatic heterocycles. The average Bonchev–Trinajstić information content (AvgIpc) is 2.63. The van der Waals surface area contributed by atoms with E-state index >= 15 is 0 Å². The first-order valence-electron chi connectivity index (χ1n) is 8.84. The Hall–Kier alpha value is -3.43. The fraction of sp³-hybridized carbons (Fsp3) is 0.389. The fourth-order valence-corrected chi connectivity index (χ4v) is 2.35. The van der Waals surface area contributed by atoms with Crippen molar-refractivity contribution in [3.05, 3.63) is 49.9 Å². The number of hydrogen-bond acceptors (Lipinski definition) is 8. The number of nitrogens with one attached hydrogen (secondary N) is 2. The molecule has 0 bridgehead atoms. The van der Waals surface area contributed by atoms with E-state index < -0.39 is 4.92 Å². The summed E-state index contributed by atoms with van der Waals surface area (Å²) in [6, 6.07) is 4.20. The molecule has 1 aromatic carbocycles. The second-order valence-corrected chi connectivity index (χ2v) is 6.02. The van der Waals surface area contributed by atoms with E-state index in [-0.39, 0.29) is 35.5 Å². The van der Waals surface area contributed by atoms with E-state index in [2.05, 4.69) is 20.5 Å². The van der Waals surface area contributed by atoms with Crippen molar-refractivity contribution in [2.24, 2.45) is 5.10 Å². The SMILES string of the molecule is CCOc1cc(OCC)c([N+](=O)[O-])cc1/C=N\Nc1nc(C(C)C)cc(=O)[nH]1. The van der Waals surface area contributed by atoms with Crippen LogP contribution in [0.4, 0.5) is 11.6 Å². The van der Waals surface area contributed by atoms with Crippen molar-refractivity contribution in [1.29, 1.82) is 0 Å². The molecule has 0 radical (unpaired) electrons. The number of rotatable bonds is 9. The van der Waals surface area contributed by atoms with Gasteiger partial charge in [0.2, 0.25) is 11.7 Å². The van der Waals surface area contributed by atoms with Crippen LogP contribution in [0.3, 0.4) is 0 Å². The molecule has 0 unspecified atom stereocenters. The number of H-pyrrole nitrogens is 1. The van der Waals surface area contributed by atoms with Crippen LogP contribution < -0.4 is 20.5 Å². The summed E-state index contributed by atoms with van der Waals surface area (Å²) in [5.41, 5.74) is 3.14. The lowest BCUT2D eigenvalue weighted by atomic mass is 10.1. The van der Waals surface area contributed by atoms with Gasteiger partial charge in [0, 0.05) is 23.8 Å². The average molecular weight is 389 g/mol. The third-order valence-electron chi connectivity index (χ3n) is 3.61. The van der Waals surface area contributed by atoms with Crippen LogP contribution in [-0.4, -0.2) is 34.3 Å². The van der Waals surface area contributed by atoms with Gasteiger partial charge in [0.15, 0.2) is 0 Å². The van der Waals surface area contributed by atoms with Crippen molar-refractivity contribution in [3.63, 3.8) is 0 Å². The smallest absolute Gasteiger partial charge is 0.311 e. The highest BCUT2D eigenvalue weighted by Crippen LogP contribution is 2.34. The van der Waals surface area contributed by atoms with Crippen molar-refractivity contribution in [2.45, 2.75) is 33.6 Å². The Labute approximate surface area is 161 Å². The topological polar surface area (TPSA) is 132 Å².